The van der Waals surface area contributed by atoms with Crippen LogP contribution >= 0.6 is 11.8 Å². The van der Waals surface area contributed by atoms with Gasteiger partial charge in [-0.2, -0.15) is 0 Å². The van der Waals surface area contributed by atoms with Gasteiger partial charge in [0.25, 0.3) is 5.91 Å². The number of carbonyl (C=O) groups is 2. The molecule has 1 N–H and O–H groups in total. The van der Waals surface area contributed by atoms with Crippen LogP contribution in [-0.4, -0.2) is 29.4 Å². The van der Waals surface area contributed by atoms with Gasteiger partial charge in [0.1, 0.15) is 5.03 Å². The number of nitrogens with zero attached hydrogens (tertiary/aromatic N) is 2. The van der Waals surface area contributed by atoms with E-state index in [2.05, 4.69) is 10.3 Å². The van der Waals surface area contributed by atoms with Gasteiger partial charge < -0.3 is 10.2 Å². The fraction of sp³-hybridized carbons (Fsp3) is 0.316. The molecule has 1 unspecified atom stereocenters. The summed E-state index contributed by atoms with van der Waals surface area (Å²) in [6.45, 7) is 4.34. The van der Waals surface area contributed by atoms with E-state index in [-0.39, 0.29) is 24.3 Å². The topological polar surface area (TPSA) is 62.3 Å². The maximum Gasteiger partial charge on any atom is 0.261 e. The fourth-order valence-corrected chi connectivity index (χ4v) is 3.66. The molecule has 25 heavy (non-hydrogen) atoms. The zero-order valence-corrected chi connectivity index (χ0v) is 15.2. The fourth-order valence-electron chi connectivity index (χ4n) is 2.64. The number of fused-ring (bicyclic) bond motifs is 2. The van der Waals surface area contributed by atoms with Gasteiger partial charge in [-0.3, -0.25) is 9.59 Å². The second-order valence-corrected chi connectivity index (χ2v) is 7.04. The molecule has 5 nitrogen and oxygen atoms in total. The number of anilines is 1. The zero-order chi connectivity index (χ0) is 17.8. The molecule has 0 aliphatic carbocycles. The first-order chi connectivity index (χ1) is 12.1. The molecule has 2 aromatic rings. The lowest BCUT2D eigenvalue weighted by Gasteiger charge is -2.23. The highest BCUT2D eigenvalue weighted by molar-refractivity contribution is 7.99. The van der Waals surface area contributed by atoms with Crippen LogP contribution in [0.1, 0.15) is 37.0 Å². The summed E-state index contributed by atoms with van der Waals surface area (Å²) in [7, 11) is 0. The van der Waals surface area contributed by atoms with Crippen LogP contribution in [0.5, 0.6) is 0 Å². The third-order valence-corrected chi connectivity index (χ3v) is 5.28. The lowest BCUT2D eigenvalue weighted by Crippen LogP contribution is -2.37. The third-order valence-electron chi connectivity index (χ3n) is 4.19. The Balaban J connectivity index is 1.86. The Labute approximate surface area is 151 Å². The Morgan fingerprint density at radius 1 is 1.28 bits per heavy atom. The molecule has 130 valence electrons. The second kappa shape index (κ2) is 7.70. The van der Waals surface area contributed by atoms with E-state index < -0.39 is 0 Å². The number of para-hydroxylation sites is 1. The average molecular weight is 355 g/mol. The molecule has 1 atom stereocenters. The standard InChI is InChI=1S/C19H21N3O2S/c1-3-13(2)21-17(23)10-12-22-15-8-4-5-9-16(15)25-18-14(19(22)24)7-6-11-20-18/h4-9,11,13H,3,10,12H2,1-2H3,(H,21,23). The van der Waals surface area contributed by atoms with Crippen LogP contribution in [0.3, 0.4) is 0 Å². The lowest BCUT2D eigenvalue weighted by atomic mass is 10.2. The van der Waals surface area contributed by atoms with Crippen molar-refractivity contribution >= 4 is 29.3 Å². The Hall–Kier alpha value is -2.34. The first-order valence-corrected chi connectivity index (χ1v) is 9.25. The van der Waals surface area contributed by atoms with E-state index >= 15 is 0 Å². The van der Waals surface area contributed by atoms with Crippen molar-refractivity contribution in [1.29, 1.82) is 0 Å². The van der Waals surface area contributed by atoms with Crippen molar-refractivity contribution in [2.24, 2.45) is 0 Å². The first-order valence-electron chi connectivity index (χ1n) is 8.43. The van der Waals surface area contributed by atoms with Crippen molar-refractivity contribution in [3.63, 3.8) is 0 Å². The van der Waals surface area contributed by atoms with Crippen molar-refractivity contribution in [3.05, 3.63) is 48.2 Å². The van der Waals surface area contributed by atoms with Gasteiger partial charge in [0.15, 0.2) is 0 Å². The molecule has 1 aromatic heterocycles. The van der Waals surface area contributed by atoms with Crippen LogP contribution in [0.4, 0.5) is 5.69 Å². The molecule has 3 rings (SSSR count). The normalized spacial score (nSPS) is 14.3. The molecular formula is C19H21N3O2S. The van der Waals surface area contributed by atoms with Crippen LogP contribution < -0.4 is 10.2 Å². The molecule has 2 amide bonds. The summed E-state index contributed by atoms with van der Waals surface area (Å²) in [4.78, 5) is 32.2. The van der Waals surface area contributed by atoms with Crippen LogP contribution in [-0.2, 0) is 4.79 Å². The van der Waals surface area contributed by atoms with Gasteiger partial charge in [0.2, 0.25) is 5.91 Å². The smallest absolute Gasteiger partial charge is 0.261 e. The molecular weight excluding hydrogens is 334 g/mol. The third kappa shape index (κ3) is 3.85. The number of benzene rings is 1. The van der Waals surface area contributed by atoms with Crippen LogP contribution in [0.15, 0.2) is 52.5 Å². The largest absolute Gasteiger partial charge is 0.354 e. The van der Waals surface area contributed by atoms with Crippen LogP contribution in [0.2, 0.25) is 0 Å². The summed E-state index contributed by atoms with van der Waals surface area (Å²) in [5, 5.41) is 3.65. The highest BCUT2D eigenvalue weighted by atomic mass is 32.2. The number of nitrogens with one attached hydrogen (secondary N) is 1. The Morgan fingerprint density at radius 3 is 2.88 bits per heavy atom. The first kappa shape index (κ1) is 17.5. The summed E-state index contributed by atoms with van der Waals surface area (Å²) in [6.07, 6.45) is 2.84. The number of rotatable bonds is 5. The van der Waals surface area contributed by atoms with Gasteiger partial charge in [-0.05, 0) is 37.6 Å². The van der Waals surface area contributed by atoms with Crippen molar-refractivity contribution < 1.29 is 9.59 Å². The quantitative estimate of drug-likeness (QED) is 0.892. The van der Waals surface area contributed by atoms with Crippen molar-refractivity contribution in [3.8, 4) is 0 Å². The Bertz CT molecular complexity index is 794. The van der Waals surface area contributed by atoms with E-state index in [9.17, 15) is 9.59 Å². The number of amides is 2. The molecule has 0 bridgehead atoms. The molecule has 0 saturated carbocycles. The number of pyridine rings is 1. The second-order valence-electron chi connectivity index (χ2n) is 6.01. The van der Waals surface area contributed by atoms with Crippen molar-refractivity contribution in [1.82, 2.24) is 10.3 Å². The van der Waals surface area contributed by atoms with Gasteiger partial charge in [-0.1, -0.05) is 30.8 Å². The van der Waals surface area contributed by atoms with Gasteiger partial charge in [-0.25, -0.2) is 4.98 Å². The van der Waals surface area contributed by atoms with Crippen LogP contribution in [0.25, 0.3) is 0 Å². The number of hydrogen-bond acceptors (Lipinski definition) is 4. The van der Waals surface area contributed by atoms with Gasteiger partial charge in [0.05, 0.1) is 11.3 Å². The summed E-state index contributed by atoms with van der Waals surface area (Å²) in [5.74, 6) is -0.153. The minimum absolute atomic E-state index is 0.0389. The molecule has 0 radical (unpaired) electrons. The van der Waals surface area contributed by atoms with Crippen molar-refractivity contribution in [2.45, 2.75) is 42.7 Å². The number of aromatic nitrogens is 1. The monoisotopic (exact) mass is 355 g/mol. The minimum Gasteiger partial charge on any atom is -0.354 e. The zero-order valence-electron chi connectivity index (χ0n) is 14.4. The molecule has 2 heterocycles. The maximum absolute atomic E-state index is 13.0. The highest BCUT2D eigenvalue weighted by Gasteiger charge is 2.28. The summed E-state index contributed by atoms with van der Waals surface area (Å²) >= 11 is 1.49. The van der Waals surface area contributed by atoms with E-state index in [1.165, 1.54) is 11.8 Å². The number of hydrogen-bond donors (Lipinski definition) is 1. The van der Waals surface area contributed by atoms with E-state index in [0.717, 1.165) is 17.0 Å². The molecule has 0 fully saturated rings. The molecule has 6 heteroatoms. The van der Waals surface area contributed by atoms with Gasteiger partial charge in [0, 0.05) is 30.1 Å². The van der Waals surface area contributed by atoms with Crippen LogP contribution in [0, 0.1) is 0 Å². The Kier molecular flexibility index (Phi) is 5.38. The minimum atomic E-state index is -0.114. The molecule has 1 aliphatic heterocycles. The lowest BCUT2D eigenvalue weighted by molar-refractivity contribution is -0.121. The summed E-state index contributed by atoms with van der Waals surface area (Å²) in [5.41, 5.74) is 1.40. The van der Waals surface area contributed by atoms with E-state index in [0.29, 0.717) is 17.1 Å². The summed E-state index contributed by atoms with van der Waals surface area (Å²) in [6, 6.07) is 11.4. The molecule has 1 aromatic carbocycles. The number of carbonyl (C=O) groups excluding carboxylic acids is 2. The summed E-state index contributed by atoms with van der Waals surface area (Å²) < 4.78 is 0. The molecule has 0 saturated heterocycles. The highest BCUT2D eigenvalue weighted by Crippen LogP contribution is 2.39. The van der Waals surface area contributed by atoms with Crippen molar-refractivity contribution in [2.75, 3.05) is 11.4 Å². The molecule has 0 spiro atoms. The van der Waals surface area contributed by atoms with E-state index in [1.54, 1.807) is 23.2 Å². The van der Waals surface area contributed by atoms with E-state index in [1.807, 2.05) is 38.1 Å². The predicted molar refractivity (Wildman–Crippen MR) is 99.0 cm³/mol. The average Bonchev–Trinajstić information content (AvgIpc) is 2.74. The molecule has 1 aliphatic rings. The SMILES string of the molecule is CCC(C)NC(=O)CCN1C(=O)c2cccnc2Sc2ccccc21. The van der Waals surface area contributed by atoms with Gasteiger partial charge >= 0.3 is 0 Å². The Morgan fingerprint density at radius 2 is 2.08 bits per heavy atom. The van der Waals surface area contributed by atoms with Gasteiger partial charge in [-0.15, -0.1) is 0 Å². The maximum atomic E-state index is 13.0. The van der Waals surface area contributed by atoms with E-state index in [4.69, 9.17) is 0 Å². The predicted octanol–water partition coefficient (Wildman–Crippen LogP) is 3.50.